The summed E-state index contributed by atoms with van der Waals surface area (Å²) in [6.07, 6.45) is 2.04. The van der Waals surface area contributed by atoms with Gasteiger partial charge in [0.05, 0.1) is 6.61 Å². The Bertz CT molecular complexity index is 288. The third-order valence-electron chi connectivity index (χ3n) is 1.86. The second-order valence-electron chi connectivity index (χ2n) is 2.78. The Hall–Kier alpha value is 0.01000. The number of hydrogen-bond acceptors (Lipinski definition) is 2. The van der Waals surface area contributed by atoms with Crippen molar-refractivity contribution >= 4 is 27.7 Å². The van der Waals surface area contributed by atoms with Crippen LogP contribution in [0, 0.1) is 5.92 Å². The summed E-state index contributed by atoms with van der Waals surface area (Å²) in [5.74, 6) is 1.01. The van der Waals surface area contributed by atoms with Crippen molar-refractivity contribution < 1.29 is 5.11 Å². The molecule has 0 aliphatic rings. The summed E-state index contributed by atoms with van der Waals surface area (Å²) < 4.78 is 1.05. The second-order valence-corrected chi connectivity index (χ2v) is 4.55. The highest BCUT2D eigenvalue weighted by Crippen LogP contribution is 2.29. The minimum atomic E-state index is 0.115. The monoisotopic (exact) mass is 259 g/mol. The third-order valence-corrected chi connectivity index (χ3v) is 3.15. The summed E-state index contributed by atoms with van der Waals surface area (Å²) in [4.78, 5) is 1.20. The summed E-state index contributed by atoms with van der Waals surface area (Å²) >= 11 is 5.11. The van der Waals surface area contributed by atoms with Gasteiger partial charge in [-0.2, -0.15) is 0 Å². The Morgan fingerprint density at radius 1 is 1.54 bits per heavy atom. The van der Waals surface area contributed by atoms with Crippen LogP contribution in [0.5, 0.6) is 0 Å². The van der Waals surface area contributed by atoms with Gasteiger partial charge in [-0.05, 0) is 30.0 Å². The first-order valence-corrected chi connectivity index (χ1v) is 5.98. The Kier molecular flexibility index (Phi) is 4.29. The minimum Gasteiger partial charge on any atom is -0.395 e. The fraction of sp³-hybridized carbons (Fsp3) is 0.300. The highest BCUT2D eigenvalue weighted by molar-refractivity contribution is 9.10. The fourth-order valence-corrected chi connectivity index (χ4v) is 2.12. The van der Waals surface area contributed by atoms with Crippen molar-refractivity contribution in [3.8, 4) is 0 Å². The highest BCUT2D eigenvalue weighted by Gasteiger charge is 2.09. The molecule has 0 saturated carbocycles. The molecule has 0 fully saturated rings. The van der Waals surface area contributed by atoms with Crippen LogP contribution in [0.2, 0.25) is 0 Å². The Labute approximate surface area is 91.7 Å². The first kappa shape index (κ1) is 11.1. The zero-order valence-corrected chi connectivity index (χ0v) is 10.1. The predicted octanol–water partition coefficient (Wildman–Crippen LogP) is 3.11. The lowest BCUT2D eigenvalue weighted by Crippen LogP contribution is -2.01. The van der Waals surface area contributed by atoms with Gasteiger partial charge in [-0.25, -0.2) is 0 Å². The van der Waals surface area contributed by atoms with Crippen LogP contribution >= 0.6 is 27.7 Å². The van der Waals surface area contributed by atoms with Crippen molar-refractivity contribution in [1.29, 1.82) is 0 Å². The quantitative estimate of drug-likeness (QED) is 0.843. The fourth-order valence-electron chi connectivity index (χ4n) is 1.10. The van der Waals surface area contributed by atoms with Gasteiger partial charge in [-0.15, -0.1) is 11.8 Å². The van der Waals surface area contributed by atoms with Crippen molar-refractivity contribution in [2.45, 2.75) is 11.8 Å². The van der Waals surface area contributed by atoms with Crippen molar-refractivity contribution in [3.63, 3.8) is 0 Å². The second kappa shape index (κ2) is 5.03. The topological polar surface area (TPSA) is 20.2 Å². The van der Waals surface area contributed by atoms with Gasteiger partial charge < -0.3 is 5.11 Å². The molecule has 0 heterocycles. The summed E-state index contributed by atoms with van der Waals surface area (Å²) in [6, 6.07) is 6.11. The van der Waals surface area contributed by atoms with Crippen LogP contribution in [0.3, 0.4) is 0 Å². The maximum absolute atomic E-state index is 9.04. The van der Waals surface area contributed by atoms with E-state index < -0.39 is 0 Å². The number of benzene rings is 1. The van der Waals surface area contributed by atoms with Gasteiger partial charge in [0.2, 0.25) is 0 Å². The lowest BCUT2D eigenvalue weighted by Gasteiger charge is -2.12. The van der Waals surface area contributed by atoms with Crippen LogP contribution in [0.25, 0.3) is 0 Å². The van der Waals surface area contributed by atoms with Gasteiger partial charge in [0, 0.05) is 15.3 Å². The SMILES string of the molecule is CSc1ccc(Br)cc1[C](C)CO. The molecule has 3 heteroatoms. The zero-order valence-electron chi connectivity index (χ0n) is 7.67. The molecule has 0 aliphatic heterocycles. The average molecular weight is 260 g/mol. The first-order valence-electron chi connectivity index (χ1n) is 3.96. The van der Waals surface area contributed by atoms with Crippen LogP contribution in [0.15, 0.2) is 27.6 Å². The molecular weight excluding hydrogens is 248 g/mol. The molecule has 0 unspecified atom stereocenters. The Morgan fingerprint density at radius 3 is 2.77 bits per heavy atom. The summed E-state index contributed by atoms with van der Waals surface area (Å²) in [5, 5.41) is 9.04. The first-order chi connectivity index (χ1) is 6.19. The molecule has 1 rings (SSSR count). The number of hydrogen-bond donors (Lipinski definition) is 1. The molecule has 1 nitrogen and oxygen atoms in total. The van der Waals surface area contributed by atoms with Crippen LogP contribution < -0.4 is 0 Å². The largest absolute Gasteiger partial charge is 0.395 e. The van der Waals surface area contributed by atoms with Gasteiger partial charge in [-0.1, -0.05) is 22.9 Å². The average Bonchev–Trinajstić information content (AvgIpc) is 2.16. The molecule has 0 spiro atoms. The van der Waals surface area contributed by atoms with E-state index in [1.54, 1.807) is 11.8 Å². The Balaban J connectivity index is 3.07. The number of aliphatic hydroxyl groups excluding tert-OH is 1. The molecule has 1 aromatic carbocycles. The number of halogens is 1. The molecule has 1 N–H and O–H groups in total. The molecule has 1 radical (unpaired) electrons. The van der Waals surface area contributed by atoms with Crippen molar-refractivity contribution in [2.75, 3.05) is 12.9 Å². The number of aliphatic hydroxyl groups is 1. The Morgan fingerprint density at radius 2 is 2.23 bits per heavy atom. The summed E-state index contributed by atoms with van der Waals surface area (Å²) in [5.41, 5.74) is 1.13. The van der Waals surface area contributed by atoms with Gasteiger partial charge >= 0.3 is 0 Å². The normalized spacial score (nSPS) is 10.8. The van der Waals surface area contributed by atoms with Gasteiger partial charge in [0.15, 0.2) is 0 Å². The van der Waals surface area contributed by atoms with E-state index in [9.17, 15) is 0 Å². The van der Waals surface area contributed by atoms with Gasteiger partial charge in [-0.3, -0.25) is 0 Å². The highest BCUT2D eigenvalue weighted by atomic mass is 79.9. The maximum Gasteiger partial charge on any atom is 0.0535 e. The predicted molar refractivity (Wildman–Crippen MR) is 61.0 cm³/mol. The van der Waals surface area contributed by atoms with E-state index in [4.69, 9.17) is 5.11 Å². The van der Waals surface area contributed by atoms with E-state index in [2.05, 4.69) is 22.0 Å². The summed E-state index contributed by atoms with van der Waals surface area (Å²) in [6.45, 7) is 2.06. The lowest BCUT2D eigenvalue weighted by atomic mass is 10.0. The summed E-state index contributed by atoms with van der Waals surface area (Å²) in [7, 11) is 0. The van der Waals surface area contributed by atoms with Crippen LogP contribution in [-0.4, -0.2) is 18.0 Å². The van der Waals surface area contributed by atoms with Crippen LogP contribution in [0.1, 0.15) is 12.5 Å². The number of thioether (sulfide) groups is 1. The van der Waals surface area contributed by atoms with Crippen LogP contribution in [0.4, 0.5) is 0 Å². The lowest BCUT2D eigenvalue weighted by molar-refractivity contribution is 0.314. The van der Waals surface area contributed by atoms with Gasteiger partial charge in [0.1, 0.15) is 0 Å². The molecule has 0 aromatic heterocycles. The molecule has 0 amide bonds. The smallest absolute Gasteiger partial charge is 0.0535 e. The van der Waals surface area contributed by atoms with E-state index in [1.807, 2.05) is 25.3 Å². The third kappa shape index (κ3) is 2.73. The standard InChI is InChI=1S/C10H12BrOS/c1-7(6-12)9-5-8(11)3-4-10(9)13-2/h3-5,12H,6H2,1-2H3. The minimum absolute atomic E-state index is 0.115. The van der Waals surface area contributed by atoms with E-state index in [-0.39, 0.29) is 6.61 Å². The molecule has 71 valence electrons. The van der Waals surface area contributed by atoms with Crippen molar-refractivity contribution in [1.82, 2.24) is 0 Å². The molecule has 0 atom stereocenters. The molecule has 1 aromatic rings. The molecule has 0 bridgehead atoms. The molecule has 13 heavy (non-hydrogen) atoms. The van der Waals surface area contributed by atoms with E-state index >= 15 is 0 Å². The van der Waals surface area contributed by atoms with Gasteiger partial charge in [0.25, 0.3) is 0 Å². The molecule has 0 saturated heterocycles. The maximum atomic E-state index is 9.04. The zero-order chi connectivity index (χ0) is 9.84. The van der Waals surface area contributed by atoms with E-state index in [0.717, 1.165) is 16.0 Å². The molecule has 0 aliphatic carbocycles. The van der Waals surface area contributed by atoms with Crippen molar-refractivity contribution in [2.24, 2.45) is 0 Å². The number of rotatable bonds is 3. The van der Waals surface area contributed by atoms with E-state index in [1.165, 1.54) is 4.90 Å². The van der Waals surface area contributed by atoms with Crippen molar-refractivity contribution in [3.05, 3.63) is 34.2 Å². The molecular formula is C10H12BrOS. The van der Waals surface area contributed by atoms with Crippen LogP contribution in [-0.2, 0) is 0 Å². The van der Waals surface area contributed by atoms with E-state index in [0.29, 0.717) is 0 Å².